The maximum Gasteiger partial charge on any atom is 0.191 e. The number of likely N-dealkylation sites (tertiary alicyclic amines) is 1. The standard InChI is InChI=1S/C14H22N4/c1-11-6-4-7-16-12(11)14(2,3)10-17-13(15)18-8-5-9-18/h4,6-7H,5,8-10H2,1-3H3,(H2,15,17). The summed E-state index contributed by atoms with van der Waals surface area (Å²) < 4.78 is 0. The molecule has 0 spiro atoms. The van der Waals surface area contributed by atoms with E-state index in [0.29, 0.717) is 12.5 Å². The molecule has 1 fully saturated rings. The van der Waals surface area contributed by atoms with Crippen molar-refractivity contribution in [2.75, 3.05) is 19.6 Å². The molecule has 0 saturated carbocycles. The van der Waals surface area contributed by atoms with Gasteiger partial charge in [-0.2, -0.15) is 0 Å². The van der Waals surface area contributed by atoms with Crippen LogP contribution in [0.5, 0.6) is 0 Å². The largest absolute Gasteiger partial charge is 0.370 e. The average molecular weight is 246 g/mol. The Balaban J connectivity index is 2.09. The Morgan fingerprint density at radius 1 is 1.50 bits per heavy atom. The minimum atomic E-state index is -0.0825. The van der Waals surface area contributed by atoms with Crippen LogP contribution in [0.2, 0.25) is 0 Å². The van der Waals surface area contributed by atoms with Crippen molar-refractivity contribution in [1.82, 2.24) is 9.88 Å². The number of aryl methyl sites for hydroxylation is 1. The zero-order valence-electron chi connectivity index (χ0n) is 11.5. The Hall–Kier alpha value is -1.58. The van der Waals surface area contributed by atoms with Crippen molar-refractivity contribution in [3.8, 4) is 0 Å². The highest BCUT2D eigenvalue weighted by molar-refractivity contribution is 5.78. The van der Waals surface area contributed by atoms with Crippen molar-refractivity contribution < 1.29 is 0 Å². The molecule has 0 bridgehead atoms. The second-order valence-electron chi connectivity index (χ2n) is 5.57. The normalized spacial score (nSPS) is 16.6. The molecule has 0 radical (unpaired) electrons. The molecule has 0 amide bonds. The molecule has 2 N–H and O–H groups in total. The predicted molar refractivity (Wildman–Crippen MR) is 74.7 cm³/mol. The Morgan fingerprint density at radius 2 is 2.22 bits per heavy atom. The van der Waals surface area contributed by atoms with Gasteiger partial charge in [-0.25, -0.2) is 0 Å². The van der Waals surface area contributed by atoms with E-state index in [-0.39, 0.29) is 5.41 Å². The quantitative estimate of drug-likeness (QED) is 0.652. The summed E-state index contributed by atoms with van der Waals surface area (Å²) in [5.41, 5.74) is 8.19. The van der Waals surface area contributed by atoms with Crippen LogP contribution in [0.3, 0.4) is 0 Å². The van der Waals surface area contributed by atoms with Gasteiger partial charge in [0, 0.05) is 24.7 Å². The number of nitrogens with two attached hydrogens (primary N) is 1. The van der Waals surface area contributed by atoms with E-state index in [1.54, 1.807) is 0 Å². The summed E-state index contributed by atoms with van der Waals surface area (Å²) in [6.45, 7) is 9.17. The average Bonchev–Trinajstić information content (AvgIpc) is 2.24. The number of hydrogen-bond acceptors (Lipinski definition) is 2. The van der Waals surface area contributed by atoms with E-state index in [1.807, 2.05) is 12.3 Å². The summed E-state index contributed by atoms with van der Waals surface area (Å²) >= 11 is 0. The van der Waals surface area contributed by atoms with E-state index in [9.17, 15) is 0 Å². The molecule has 2 rings (SSSR count). The third-order valence-electron chi connectivity index (χ3n) is 3.47. The van der Waals surface area contributed by atoms with Crippen LogP contribution in [-0.4, -0.2) is 35.5 Å². The first-order chi connectivity index (χ1) is 8.50. The smallest absolute Gasteiger partial charge is 0.191 e. The molecule has 1 aliphatic rings. The van der Waals surface area contributed by atoms with Crippen molar-refractivity contribution in [2.24, 2.45) is 10.7 Å². The fraction of sp³-hybridized carbons (Fsp3) is 0.571. The lowest BCUT2D eigenvalue weighted by Crippen LogP contribution is -2.46. The Morgan fingerprint density at radius 3 is 2.78 bits per heavy atom. The van der Waals surface area contributed by atoms with Gasteiger partial charge in [-0.15, -0.1) is 0 Å². The fourth-order valence-corrected chi connectivity index (χ4v) is 2.19. The maximum atomic E-state index is 5.96. The molecule has 4 heteroatoms. The number of hydrogen-bond donors (Lipinski definition) is 1. The Kier molecular flexibility index (Phi) is 3.55. The summed E-state index contributed by atoms with van der Waals surface area (Å²) in [5, 5.41) is 0. The van der Waals surface area contributed by atoms with Crippen LogP contribution >= 0.6 is 0 Å². The molecule has 1 saturated heterocycles. The molecule has 4 nitrogen and oxygen atoms in total. The lowest BCUT2D eigenvalue weighted by molar-refractivity contribution is 0.294. The lowest BCUT2D eigenvalue weighted by atomic mass is 9.86. The van der Waals surface area contributed by atoms with Gasteiger partial charge in [0.05, 0.1) is 12.2 Å². The Labute approximate surface area is 109 Å². The summed E-state index contributed by atoms with van der Waals surface area (Å²) in [6, 6.07) is 4.05. The monoisotopic (exact) mass is 246 g/mol. The zero-order chi connectivity index (χ0) is 13.2. The molecule has 1 aromatic rings. The first kappa shape index (κ1) is 12.9. The van der Waals surface area contributed by atoms with Gasteiger partial charge in [0.25, 0.3) is 0 Å². The number of aromatic nitrogens is 1. The molecular formula is C14H22N4. The lowest BCUT2D eigenvalue weighted by Gasteiger charge is -2.32. The van der Waals surface area contributed by atoms with Crippen molar-refractivity contribution in [3.05, 3.63) is 29.6 Å². The summed E-state index contributed by atoms with van der Waals surface area (Å²) in [5.74, 6) is 0.669. The summed E-state index contributed by atoms with van der Waals surface area (Å²) in [6.07, 6.45) is 3.06. The van der Waals surface area contributed by atoms with Gasteiger partial charge in [0.1, 0.15) is 0 Å². The molecular weight excluding hydrogens is 224 g/mol. The number of nitrogens with zero attached hydrogens (tertiary/aromatic N) is 3. The van der Waals surface area contributed by atoms with Crippen molar-refractivity contribution in [2.45, 2.75) is 32.6 Å². The Bertz CT molecular complexity index is 447. The highest BCUT2D eigenvalue weighted by Crippen LogP contribution is 2.24. The molecule has 2 heterocycles. The van der Waals surface area contributed by atoms with Gasteiger partial charge in [-0.3, -0.25) is 9.98 Å². The third-order valence-corrected chi connectivity index (χ3v) is 3.47. The van der Waals surface area contributed by atoms with Gasteiger partial charge in [-0.1, -0.05) is 19.9 Å². The highest BCUT2D eigenvalue weighted by atomic mass is 15.3. The number of aliphatic imine (C=N–C) groups is 1. The van der Waals surface area contributed by atoms with E-state index in [4.69, 9.17) is 5.73 Å². The summed E-state index contributed by atoms with van der Waals surface area (Å²) in [4.78, 5) is 11.1. The molecule has 0 aromatic carbocycles. The highest BCUT2D eigenvalue weighted by Gasteiger charge is 2.24. The van der Waals surface area contributed by atoms with Gasteiger partial charge in [0.2, 0.25) is 0 Å². The first-order valence-electron chi connectivity index (χ1n) is 6.48. The fourth-order valence-electron chi connectivity index (χ4n) is 2.19. The molecule has 98 valence electrons. The van der Waals surface area contributed by atoms with Gasteiger partial charge >= 0.3 is 0 Å². The molecule has 18 heavy (non-hydrogen) atoms. The second-order valence-corrected chi connectivity index (χ2v) is 5.57. The van der Waals surface area contributed by atoms with Crippen LogP contribution in [0.15, 0.2) is 23.3 Å². The molecule has 1 aliphatic heterocycles. The number of rotatable bonds is 3. The zero-order valence-corrected chi connectivity index (χ0v) is 11.5. The van der Waals surface area contributed by atoms with E-state index in [0.717, 1.165) is 18.8 Å². The number of pyridine rings is 1. The van der Waals surface area contributed by atoms with E-state index < -0.39 is 0 Å². The molecule has 1 aromatic heterocycles. The molecule has 0 unspecified atom stereocenters. The number of guanidine groups is 1. The van der Waals surface area contributed by atoms with Crippen molar-refractivity contribution in [3.63, 3.8) is 0 Å². The minimum absolute atomic E-state index is 0.0825. The van der Waals surface area contributed by atoms with Gasteiger partial charge < -0.3 is 10.6 Å². The molecule has 0 aliphatic carbocycles. The third kappa shape index (κ3) is 2.63. The van der Waals surface area contributed by atoms with Crippen LogP contribution in [0.1, 0.15) is 31.5 Å². The van der Waals surface area contributed by atoms with E-state index in [2.05, 4.69) is 41.7 Å². The topological polar surface area (TPSA) is 54.5 Å². The van der Waals surface area contributed by atoms with E-state index >= 15 is 0 Å². The van der Waals surface area contributed by atoms with Crippen LogP contribution in [0.25, 0.3) is 0 Å². The summed E-state index contributed by atoms with van der Waals surface area (Å²) in [7, 11) is 0. The van der Waals surface area contributed by atoms with Gasteiger partial charge in [0.15, 0.2) is 5.96 Å². The van der Waals surface area contributed by atoms with E-state index in [1.165, 1.54) is 12.0 Å². The minimum Gasteiger partial charge on any atom is -0.370 e. The van der Waals surface area contributed by atoms with Crippen molar-refractivity contribution >= 4 is 5.96 Å². The van der Waals surface area contributed by atoms with Crippen molar-refractivity contribution in [1.29, 1.82) is 0 Å². The van der Waals surface area contributed by atoms with Crippen LogP contribution in [-0.2, 0) is 5.41 Å². The second kappa shape index (κ2) is 4.96. The molecule has 0 atom stereocenters. The van der Waals surface area contributed by atoms with Crippen LogP contribution in [0, 0.1) is 6.92 Å². The predicted octanol–water partition coefficient (Wildman–Crippen LogP) is 1.69. The SMILES string of the molecule is Cc1cccnc1C(C)(C)CN=C(N)N1CCC1. The van der Waals surface area contributed by atoms with Crippen LogP contribution in [0.4, 0.5) is 0 Å². The van der Waals surface area contributed by atoms with Crippen LogP contribution < -0.4 is 5.73 Å². The first-order valence-corrected chi connectivity index (χ1v) is 6.48. The van der Waals surface area contributed by atoms with Gasteiger partial charge in [-0.05, 0) is 25.0 Å². The maximum absolute atomic E-state index is 5.96.